The van der Waals surface area contributed by atoms with Crippen LogP contribution in [0.3, 0.4) is 0 Å². The molecule has 2 atom stereocenters. The van der Waals surface area contributed by atoms with Gasteiger partial charge in [0, 0.05) is 36.2 Å². The van der Waals surface area contributed by atoms with Gasteiger partial charge in [-0.15, -0.1) is 0 Å². The number of anilines is 1. The summed E-state index contributed by atoms with van der Waals surface area (Å²) in [6.45, 7) is 0.537. The lowest BCUT2D eigenvalue weighted by atomic mass is 9.85. The molecule has 0 aliphatic heterocycles. The molecule has 176 valence electrons. The van der Waals surface area contributed by atoms with E-state index in [2.05, 4.69) is 16.3 Å². The van der Waals surface area contributed by atoms with Gasteiger partial charge >= 0.3 is 0 Å². The van der Waals surface area contributed by atoms with Gasteiger partial charge < -0.3 is 16.0 Å². The Morgan fingerprint density at radius 1 is 0.812 bits per heavy atom. The van der Waals surface area contributed by atoms with Crippen LogP contribution in [0, 0.1) is 11.8 Å². The monoisotopic (exact) mass is 439 g/mol. The standard InChI is InChI=1S/C27H41N3O2/c28-23-16-8-10-18-25(23)30(27(32)21-13-5-2-6-14-21)19-22-15-7-9-17-24(22)29-26(31)20-11-3-1-4-12-20/h7,9,15,17,20-21,23,25H,1-6,8,10-14,16,18-19,28H2,(H,29,31). The molecule has 2 unspecified atom stereocenters. The molecule has 5 heteroatoms. The number of benzene rings is 1. The Morgan fingerprint density at radius 3 is 2.09 bits per heavy atom. The number of para-hydroxylation sites is 1. The van der Waals surface area contributed by atoms with Crippen LogP contribution in [-0.2, 0) is 16.1 Å². The summed E-state index contributed by atoms with van der Waals surface area (Å²) in [6.07, 6.45) is 15.3. The third-order valence-electron chi connectivity index (χ3n) is 8.01. The highest BCUT2D eigenvalue weighted by Crippen LogP contribution is 2.32. The van der Waals surface area contributed by atoms with E-state index >= 15 is 0 Å². The molecular formula is C27H41N3O2. The van der Waals surface area contributed by atoms with E-state index in [1.165, 1.54) is 12.8 Å². The van der Waals surface area contributed by atoms with Crippen LogP contribution in [0.2, 0.25) is 0 Å². The Bertz CT molecular complexity index is 768. The van der Waals surface area contributed by atoms with Gasteiger partial charge in [0.05, 0.1) is 0 Å². The fraction of sp³-hybridized carbons (Fsp3) is 0.704. The highest BCUT2D eigenvalue weighted by Gasteiger charge is 2.35. The van der Waals surface area contributed by atoms with Crippen molar-refractivity contribution in [2.24, 2.45) is 17.6 Å². The molecule has 4 rings (SSSR count). The second kappa shape index (κ2) is 11.3. The van der Waals surface area contributed by atoms with Gasteiger partial charge in [0.1, 0.15) is 0 Å². The number of carbonyl (C=O) groups is 2. The highest BCUT2D eigenvalue weighted by atomic mass is 16.2. The van der Waals surface area contributed by atoms with Crippen molar-refractivity contribution in [3.63, 3.8) is 0 Å². The normalized spacial score (nSPS) is 25.3. The van der Waals surface area contributed by atoms with Crippen LogP contribution in [0.5, 0.6) is 0 Å². The number of nitrogens with two attached hydrogens (primary N) is 1. The van der Waals surface area contributed by atoms with Crippen molar-refractivity contribution in [1.82, 2.24) is 4.90 Å². The van der Waals surface area contributed by atoms with Crippen molar-refractivity contribution < 1.29 is 9.59 Å². The van der Waals surface area contributed by atoms with Crippen LogP contribution in [0.1, 0.15) is 95.5 Å². The number of rotatable bonds is 6. The summed E-state index contributed by atoms with van der Waals surface area (Å²) in [5, 5.41) is 3.21. The van der Waals surface area contributed by atoms with Gasteiger partial charge in [-0.05, 0) is 50.2 Å². The average molecular weight is 440 g/mol. The summed E-state index contributed by atoms with van der Waals surface area (Å²) in [5.74, 6) is 0.655. The first kappa shape index (κ1) is 23.3. The Morgan fingerprint density at radius 2 is 1.41 bits per heavy atom. The van der Waals surface area contributed by atoms with Gasteiger partial charge in [0.25, 0.3) is 0 Å². The van der Waals surface area contributed by atoms with E-state index in [-0.39, 0.29) is 35.7 Å². The zero-order valence-electron chi connectivity index (χ0n) is 19.6. The van der Waals surface area contributed by atoms with Crippen LogP contribution in [-0.4, -0.2) is 28.8 Å². The van der Waals surface area contributed by atoms with E-state index < -0.39 is 0 Å². The number of hydrogen-bond acceptors (Lipinski definition) is 3. The molecule has 3 aliphatic rings. The topological polar surface area (TPSA) is 75.4 Å². The maximum Gasteiger partial charge on any atom is 0.227 e. The predicted molar refractivity (Wildman–Crippen MR) is 129 cm³/mol. The maximum absolute atomic E-state index is 13.7. The van der Waals surface area contributed by atoms with E-state index in [0.717, 1.165) is 88.3 Å². The van der Waals surface area contributed by atoms with Crippen molar-refractivity contribution >= 4 is 17.5 Å². The minimum atomic E-state index is 0.0419. The molecule has 3 N–H and O–H groups in total. The zero-order chi connectivity index (χ0) is 22.3. The highest BCUT2D eigenvalue weighted by molar-refractivity contribution is 5.93. The Balaban J connectivity index is 1.53. The van der Waals surface area contributed by atoms with Crippen LogP contribution in [0.25, 0.3) is 0 Å². The predicted octanol–water partition coefficient (Wildman–Crippen LogP) is 5.38. The molecule has 3 aliphatic carbocycles. The summed E-state index contributed by atoms with van der Waals surface area (Å²) in [6, 6.07) is 8.17. The quantitative estimate of drug-likeness (QED) is 0.624. The van der Waals surface area contributed by atoms with Crippen molar-refractivity contribution in [1.29, 1.82) is 0 Å². The molecule has 2 amide bonds. The second-order valence-electron chi connectivity index (χ2n) is 10.3. The first-order valence-electron chi connectivity index (χ1n) is 13.1. The molecule has 0 aromatic heterocycles. The van der Waals surface area contributed by atoms with E-state index in [9.17, 15) is 9.59 Å². The van der Waals surface area contributed by atoms with Crippen molar-refractivity contribution in [3.8, 4) is 0 Å². The Hall–Kier alpha value is -1.88. The molecule has 0 radical (unpaired) electrons. The Kier molecular flexibility index (Phi) is 8.23. The number of nitrogens with one attached hydrogen (secondary N) is 1. The van der Waals surface area contributed by atoms with Crippen LogP contribution in [0.4, 0.5) is 5.69 Å². The SMILES string of the molecule is NC1CCCCC1N(Cc1ccccc1NC(=O)C1CCCCC1)C(=O)C1CCCCC1. The van der Waals surface area contributed by atoms with Gasteiger partial charge in [0.2, 0.25) is 11.8 Å². The fourth-order valence-corrected chi connectivity index (χ4v) is 6.03. The smallest absolute Gasteiger partial charge is 0.227 e. The van der Waals surface area contributed by atoms with Gasteiger partial charge in [-0.1, -0.05) is 69.6 Å². The molecule has 5 nitrogen and oxygen atoms in total. The maximum atomic E-state index is 13.7. The molecule has 3 fully saturated rings. The van der Waals surface area contributed by atoms with E-state index in [0.29, 0.717) is 6.54 Å². The van der Waals surface area contributed by atoms with Gasteiger partial charge in [-0.3, -0.25) is 9.59 Å². The lowest BCUT2D eigenvalue weighted by Crippen LogP contribution is -2.53. The summed E-state index contributed by atoms with van der Waals surface area (Å²) < 4.78 is 0. The number of amides is 2. The lowest BCUT2D eigenvalue weighted by molar-refractivity contribution is -0.141. The van der Waals surface area contributed by atoms with Crippen LogP contribution in [0.15, 0.2) is 24.3 Å². The summed E-state index contributed by atoms with van der Waals surface area (Å²) in [4.78, 5) is 28.7. The Labute approximate surface area is 193 Å². The minimum Gasteiger partial charge on any atom is -0.334 e. The minimum absolute atomic E-state index is 0.0419. The lowest BCUT2D eigenvalue weighted by Gasteiger charge is -2.41. The molecule has 1 aromatic rings. The number of carbonyl (C=O) groups excluding carboxylic acids is 2. The molecule has 0 bridgehead atoms. The summed E-state index contributed by atoms with van der Waals surface area (Å²) in [5.41, 5.74) is 8.44. The molecular weight excluding hydrogens is 398 g/mol. The van der Waals surface area contributed by atoms with Crippen molar-refractivity contribution in [2.75, 3.05) is 5.32 Å². The second-order valence-corrected chi connectivity index (χ2v) is 10.3. The van der Waals surface area contributed by atoms with E-state index in [1.54, 1.807) is 0 Å². The molecule has 0 heterocycles. The fourth-order valence-electron chi connectivity index (χ4n) is 6.03. The number of nitrogens with zero attached hydrogens (tertiary/aromatic N) is 1. The summed E-state index contributed by atoms with van der Waals surface area (Å²) in [7, 11) is 0. The first-order valence-corrected chi connectivity index (χ1v) is 13.1. The van der Waals surface area contributed by atoms with Gasteiger partial charge in [-0.2, -0.15) is 0 Å². The zero-order valence-corrected chi connectivity index (χ0v) is 19.6. The average Bonchev–Trinajstić information content (AvgIpc) is 2.85. The first-order chi connectivity index (χ1) is 15.6. The van der Waals surface area contributed by atoms with Crippen molar-refractivity contribution in [2.45, 2.75) is 109 Å². The largest absolute Gasteiger partial charge is 0.334 e. The molecule has 0 spiro atoms. The van der Waals surface area contributed by atoms with Crippen LogP contribution >= 0.6 is 0 Å². The molecule has 0 saturated heterocycles. The van der Waals surface area contributed by atoms with Crippen LogP contribution < -0.4 is 11.1 Å². The number of hydrogen-bond donors (Lipinski definition) is 2. The third-order valence-corrected chi connectivity index (χ3v) is 8.01. The van der Waals surface area contributed by atoms with E-state index in [4.69, 9.17) is 5.73 Å². The van der Waals surface area contributed by atoms with Gasteiger partial charge in [0.15, 0.2) is 0 Å². The third kappa shape index (κ3) is 5.72. The summed E-state index contributed by atoms with van der Waals surface area (Å²) >= 11 is 0. The van der Waals surface area contributed by atoms with Crippen molar-refractivity contribution in [3.05, 3.63) is 29.8 Å². The molecule has 1 aromatic carbocycles. The molecule has 32 heavy (non-hydrogen) atoms. The van der Waals surface area contributed by atoms with Gasteiger partial charge in [-0.25, -0.2) is 0 Å². The van der Waals surface area contributed by atoms with E-state index in [1.807, 2.05) is 18.2 Å². The molecule has 3 saturated carbocycles.